The fraction of sp³-hybridized carbons (Fsp3) is 0.160. The molecular formula is C25H25N5. The smallest absolute Gasteiger partial charge is 0.229 e. The molecule has 2 N–H and O–H groups in total. The monoisotopic (exact) mass is 395 g/mol. The van der Waals surface area contributed by atoms with Crippen molar-refractivity contribution in [3.8, 4) is 11.3 Å². The van der Waals surface area contributed by atoms with Crippen LogP contribution in [0.15, 0.2) is 85.2 Å². The summed E-state index contributed by atoms with van der Waals surface area (Å²) in [6.45, 7) is 5.04. The first-order valence-electron chi connectivity index (χ1n) is 10.1. The summed E-state index contributed by atoms with van der Waals surface area (Å²) < 4.78 is 0. The molecule has 5 heteroatoms. The van der Waals surface area contributed by atoms with Crippen molar-refractivity contribution >= 4 is 17.5 Å². The van der Waals surface area contributed by atoms with Crippen molar-refractivity contribution in [2.75, 3.05) is 10.6 Å². The molecule has 150 valence electrons. The molecule has 2 heterocycles. The molecule has 0 aliphatic rings. The fourth-order valence-electron chi connectivity index (χ4n) is 3.12. The summed E-state index contributed by atoms with van der Waals surface area (Å²) in [5, 5.41) is 6.75. The zero-order valence-corrected chi connectivity index (χ0v) is 17.2. The van der Waals surface area contributed by atoms with Gasteiger partial charge in [-0.25, -0.2) is 4.98 Å². The van der Waals surface area contributed by atoms with Gasteiger partial charge in [-0.1, -0.05) is 56.3 Å². The van der Waals surface area contributed by atoms with Crippen LogP contribution in [0.1, 0.15) is 30.9 Å². The molecule has 2 aromatic carbocycles. The van der Waals surface area contributed by atoms with E-state index in [9.17, 15) is 0 Å². The molecule has 5 nitrogen and oxygen atoms in total. The first-order chi connectivity index (χ1) is 14.7. The van der Waals surface area contributed by atoms with Crippen molar-refractivity contribution in [1.29, 1.82) is 0 Å². The molecule has 0 saturated heterocycles. The molecule has 0 aliphatic carbocycles. The van der Waals surface area contributed by atoms with Crippen LogP contribution in [0.4, 0.5) is 17.5 Å². The molecule has 0 spiro atoms. The zero-order chi connectivity index (χ0) is 20.8. The Bertz CT molecular complexity index is 1080. The summed E-state index contributed by atoms with van der Waals surface area (Å²) in [4.78, 5) is 13.5. The highest BCUT2D eigenvalue weighted by molar-refractivity contribution is 5.66. The first-order valence-corrected chi connectivity index (χ1v) is 10.1. The van der Waals surface area contributed by atoms with Crippen molar-refractivity contribution < 1.29 is 0 Å². The van der Waals surface area contributed by atoms with Crippen molar-refractivity contribution in [1.82, 2.24) is 15.0 Å². The van der Waals surface area contributed by atoms with E-state index in [-0.39, 0.29) is 0 Å². The van der Waals surface area contributed by atoms with Crippen LogP contribution in [0.5, 0.6) is 0 Å². The number of hydrogen-bond acceptors (Lipinski definition) is 5. The minimum absolute atomic E-state index is 0.501. The van der Waals surface area contributed by atoms with E-state index in [1.807, 2.05) is 36.4 Å². The second kappa shape index (κ2) is 9.18. The third-order valence-electron chi connectivity index (χ3n) is 4.85. The van der Waals surface area contributed by atoms with Gasteiger partial charge in [-0.2, -0.15) is 4.98 Å². The van der Waals surface area contributed by atoms with Crippen LogP contribution in [0.2, 0.25) is 0 Å². The Hall–Kier alpha value is -3.73. The maximum Gasteiger partial charge on any atom is 0.229 e. The van der Waals surface area contributed by atoms with E-state index in [1.165, 1.54) is 5.56 Å². The maximum atomic E-state index is 4.74. The lowest BCUT2D eigenvalue weighted by atomic mass is 10.0. The number of nitrogens with zero attached hydrogens (tertiary/aromatic N) is 3. The Labute approximate surface area is 177 Å². The second-order valence-electron chi connectivity index (χ2n) is 7.44. The van der Waals surface area contributed by atoms with Gasteiger partial charge in [0, 0.05) is 36.3 Å². The average molecular weight is 396 g/mol. The van der Waals surface area contributed by atoms with Crippen LogP contribution in [-0.2, 0) is 6.54 Å². The number of rotatable bonds is 7. The predicted molar refractivity (Wildman–Crippen MR) is 123 cm³/mol. The molecule has 0 aliphatic heterocycles. The molecular weight excluding hydrogens is 370 g/mol. The van der Waals surface area contributed by atoms with E-state index in [2.05, 4.69) is 70.8 Å². The van der Waals surface area contributed by atoms with Gasteiger partial charge in [0.15, 0.2) is 0 Å². The number of anilines is 3. The Morgan fingerprint density at radius 1 is 0.833 bits per heavy atom. The minimum atomic E-state index is 0.501. The van der Waals surface area contributed by atoms with E-state index in [0.717, 1.165) is 28.3 Å². The van der Waals surface area contributed by atoms with E-state index >= 15 is 0 Å². The third kappa shape index (κ3) is 5.00. The summed E-state index contributed by atoms with van der Waals surface area (Å²) in [5.74, 6) is 1.83. The van der Waals surface area contributed by atoms with Crippen molar-refractivity contribution in [2.45, 2.75) is 26.3 Å². The minimum Gasteiger partial charge on any atom is -0.366 e. The highest BCUT2D eigenvalue weighted by Gasteiger charge is 2.08. The number of aromatic nitrogens is 3. The molecule has 2 aromatic heterocycles. The van der Waals surface area contributed by atoms with Gasteiger partial charge in [-0.3, -0.25) is 4.98 Å². The van der Waals surface area contributed by atoms with Crippen LogP contribution in [-0.4, -0.2) is 15.0 Å². The van der Waals surface area contributed by atoms with Gasteiger partial charge in [0.25, 0.3) is 0 Å². The fourth-order valence-corrected chi connectivity index (χ4v) is 3.12. The van der Waals surface area contributed by atoms with E-state index < -0.39 is 0 Å². The van der Waals surface area contributed by atoms with Crippen LogP contribution in [0, 0.1) is 0 Å². The Balaban J connectivity index is 1.61. The van der Waals surface area contributed by atoms with Crippen LogP contribution in [0.25, 0.3) is 11.3 Å². The third-order valence-corrected chi connectivity index (χ3v) is 4.85. The summed E-state index contributed by atoms with van der Waals surface area (Å²) in [6.07, 6.45) is 3.58. The van der Waals surface area contributed by atoms with E-state index in [1.54, 1.807) is 12.4 Å². The van der Waals surface area contributed by atoms with Crippen molar-refractivity contribution in [2.24, 2.45) is 0 Å². The number of benzene rings is 2. The highest BCUT2D eigenvalue weighted by Crippen LogP contribution is 2.24. The molecule has 0 saturated carbocycles. The first kappa shape index (κ1) is 19.6. The summed E-state index contributed by atoms with van der Waals surface area (Å²) in [7, 11) is 0. The largest absolute Gasteiger partial charge is 0.366 e. The molecule has 4 rings (SSSR count). The van der Waals surface area contributed by atoms with Crippen LogP contribution >= 0.6 is 0 Å². The van der Waals surface area contributed by atoms with Gasteiger partial charge in [-0.15, -0.1) is 0 Å². The molecule has 0 radical (unpaired) electrons. The van der Waals surface area contributed by atoms with E-state index in [4.69, 9.17) is 4.98 Å². The average Bonchev–Trinajstić information content (AvgIpc) is 2.79. The molecule has 0 fully saturated rings. The van der Waals surface area contributed by atoms with Gasteiger partial charge in [-0.05, 0) is 41.3 Å². The lowest BCUT2D eigenvalue weighted by Crippen LogP contribution is -2.05. The Kier molecular flexibility index (Phi) is 5.99. The predicted octanol–water partition coefficient (Wildman–Crippen LogP) is 6.02. The van der Waals surface area contributed by atoms with Crippen molar-refractivity contribution in [3.05, 3.63) is 96.3 Å². The lowest BCUT2D eigenvalue weighted by molar-refractivity contribution is 0.867. The quantitative estimate of drug-likeness (QED) is 0.401. The number of pyridine rings is 1. The maximum absolute atomic E-state index is 4.74. The zero-order valence-electron chi connectivity index (χ0n) is 17.2. The molecule has 0 amide bonds. The van der Waals surface area contributed by atoms with Gasteiger partial charge in [0.05, 0.1) is 5.69 Å². The van der Waals surface area contributed by atoms with E-state index in [0.29, 0.717) is 18.4 Å². The number of hydrogen-bond donors (Lipinski definition) is 2. The number of nitrogens with one attached hydrogen (secondary N) is 2. The van der Waals surface area contributed by atoms with Gasteiger partial charge in [0.1, 0.15) is 5.82 Å². The molecule has 4 aromatic rings. The summed E-state index contributed by atoms with van der Waals surface area (Å²) in [6, 6.07) is 24.5. The standard InChI is InChI=1S/C25H25N5/c1-18(2)20-8-10-22(11-9-20)28-25-29-23(21-6-4-3-5-7-21)16-24(30-25)27-17-19-12-14-26-15-13-19/h3-16,18H,17H2,1-2H3,(H2,27,28,29,30). The van der Waals surface area contributed by atoms with Crippen LogP contribution < -0.4 is 10.6 Å². The summed E-state index contributed by atoms with van der Waals surface area (Å²) >= 11 is 0. The van der Waals surface area contributed by atoms with Crippen molar-refractivity contribution in [3.63, 3.8) is 0 Å². The SMILES string of the molecule is CC(C)c1ccc(Nc2nc(NCc3ccncc3)cc(-c3ccccc3)n2)cc1. The van der Waals surface area contributed by atoms with Gasteiger partial charge in [0.2, 0.25) is 5.95 Å². The topological polar surface area (TPSA) is 62.7 Å². The van der Waals surface area contributed by atoms with Crippen LogP contribution in [0.3, 0.4) is 0 Å². The summed E-state index contributed by atoms with van der Waals surface area (Å²) in [5.41, 5.74) is 5.32. The molecule has 0 bridgehead atoms. The molecule has 30 heavy (non-hydrogen) atoms. The molecule has 0 unspecified atom stereocenters. The van der Waals surface area contributed by atoms with Gasteiger partial charge >= 0.3 is 0 Å². The second-order valence-corrected chi connectivity index (χ2v) is 7.44. The Morgan fingerprint density at radius 3 is 2.27 bits per heavy atom. The van der Waals surface area contributed by atoms with Gasteiger partial charge < -0.3 is 10.6 Å². The molecule has 0 atom stereocenters. The normalized spacial score (nSPS) is 10.8. The highest BCUT2D eigenvalue weighted by atomic mass is 15.1. The Morgan fingerprint density at radius 2 is 1.57 bits per heavy atom. The lowest BCUT2D eigenvalue weighted by Gasteiger charge is -2.12.